The van der Waals surface area contributed by atoms with Crippen molar-refractivity contribution >= 4 is 27.8 Å². The van der Waals surface area contributed by atoms with E-state index in [0.717, 1.165) is 18.4 Å². The molecule has 4 nitrogen and oxygen atoms in total. The first-order valence-electron chi connectivity index (χ1n) is 6.74. The molecular formula is C15H18BrNO3. The lowest BCUT2D eigenvalue weighted by Gasteiger charge is -2.27. The van der Waals surface area contributed by atoms with E-state index >= 15 is 0 Å². The van der Waals surface area contributed by atoms with Crippen molar-refractivity contribution in [1.29, 1.82) is 0 Å². The lowest BCUT2D eigenvalue weighted by molar-refractivity contribution is -0.122. The number of hydrogen-bond donors (Lipinski definition) is 1. The maximum Gasteiger partial charge on any atom is 0.408 e. The van der Waals surface area contributed by atoms with Crippen LogP contribution in [-0.4, -0.2) is 22.7 Å². The van der Waals surface area contributed by atoms with Gasteiger partial charge < -0.3 is 10.1 Å². The van der Waals surface area contributed by atoms with Gasteiger partial charge >= 0.3 is 6.09 Å². The fourth-order valence-electron chi connectivity index (χ4n) is 2.53. The summed E-state index contributed by atoms with van der Waals surface area (Å²) >= 11 is 3.18. The number of carbonyl (C=O) groups is 2. The molecule has 0 unspecified atom stereocenters. The molecule has 1 aliphatic rings. The van der Waals surface area contributed by atoms with E-state index in [-0.39, 0.29) is 17.7 Å². The fourth-order valence-corrected chi connectivity index (χ4v) is 3.07. The Morgan fingerprint density at radius 2 is 1.85 bits per heavy atom. The van der Waals surface area contributed by atoms with Gasteiger partial charge in [-0.25, -0.2) is 4.79 Å². The summed E-state index contributed by atoms with van der Waals surface area (Å²) in [6.07, 6.45) is 2.77. The Bertz CT molecular complexity index is 469. The summed E-state index contributed by atoms with van der Waals surface area (Å²) in [5, 5.41) is 3.03. The number of ketones is 1. The maximum absolute atomic E-state index is 12.0. The zero-order chi connectivity index (χ0) is 14.4. The predicted octanol–water partition coefficient (Wildman–Crippen LogP) is 3.19. The van der Waals surface area contributed by atoms with Crippen LogP contribution in [0.2, 0.25) is 0 Å². The molecule has 0 aliphatic heterocycles. The average Bonchev–Trinajstić information content (AvgIpc) is 2.95. The molecule has 0 spiro atoms. The lowest BCUT2D eigenvalue weighted by atomic mass is 9.93. The minimum absolute atomic E-state index is 0.0201. The molecule has 0 atom stereocenters. The molecule has 1 aromatic carbocycles. The Hall–Kier alpha value is -1.36. The van der Waals surface area contributed by atoms with Crippen LogP contribution >= 0.6 is 15.9 Å². The molecule has 1 fully saturated rings. The monoisotopic (exact) mass is 339 g/mol. The quantitative estimate of drug-likeness (QED) is 0.838. The molecule has 1 saturated carbocycles. The second kappa shape index (κ2) is 6.88. The minimum atomic E-state index is -0.739. The van der Waals surface area contributed by atoms with E-state index in [2.05, 4.69) is 21.2 Å². The number of nitrogens with one attached hydrogen (secondary N) is 1. The first-order valence-corrected chi connectivity index (χ1v) is 7.86. The summed E-state index contributed by atoms with van der Waals surface area (Å²) in [4.78, 5) is 23.9. The van der Waals surface area contributed by atoms with Gasteiger partial charge in [0.25, 0.3) is 0 Å². The van der Waals surface area contributed by atoms with Crippen molar-refractivity contribution in [1.82, 2.24) is 5.32 Å². The maximum atomic E-state index is 12.0. The number of alkyl halides is 1. The van der Waals surface area contributed by atoms with Gasteiger partial charge in [0, 0.05) is 0 Å². The van der Waals surface area contributed by atoms with Gasteiger partial charge in [-0.15, -0.1) is 0 Å². The third-order valence-electron chi connectivity index (χ3n) is 3.67. The van der Waals surface area contributed by atoms with Crippen molar-refractivity contribution in [3.05, 3.63) is 35.9 Å². The number of halogens is 1. The molecule has 108 valence electrons. The molecule has 0 bridgehead atoms. The number of amides is 1. The van der Waals surface area contributed by atoms with Crippen LogP contribution in [0.4, 0.5) is 4.79 Å². The van der Waals surface area contributed by atoms with E-state index in [4.69, 9.17) is 4.74 Å². The molecule has 2 rings (SSSR count). The van der Waals surface area contributed by atoms with Crippen molar-refractivity contribution in [3.8, 4) is 0 Å². The fraction of sp³-hybridized carbons (Fsp3) is 0.467. The highest BCUT2D eigenvalue weighted by atomic mass is 79.9. The Morgan fingerprint density at radius 1 is 1.20 bits per heavy atom. The summed E-state index contributed by atoms with van der Waals surface area (Å²) in [6.45, 7) is 0.214. The van der Waals surface area contributed by atoms with Crippen LogP contribution < -0.4 is 5.32 Å². The van der Waals surface area contributed by atoms with Gasteiger partial charge in [-0.2, -0.15) is 0 Å². The lowest BCUT2D eigenvalue weighted by Crippen LogP contribution is -2.53. The second-order valence-electron chi connectivity index (χ2n) is 5.03. The molecule has 1 aliphatic carbocycles. The minimum Gasteiger partial charge on any atom is -0.445 e. The van der Waals surface area contributed by atoms with Crippen LogP contribution in [-0.2, 0) is 16.1 Å². The van der Waals surface area contributed by atoms with Crippen LogP contribution in [0, 0.1) is 0 Å². The van der Waals surface area contributed by atoms with Crippen LogP contribution in [0.25, 0.3) is 0 Å². The Morgan fingerprint density at radius 3 is 2.45 bits per heavy atom. The zero-order valence-corrected chi connectivity index (χ0v) is 12.8. The van der Waals surface area contributed by atoms with E-state index in [1.54, 1.807) is 0 Å². The molecule has 0 saturated heterocycles. The first-order chi connectivity index (χ1) is 9.66. The van der Waals surface area contributed by atoms with Gasteiger partial charge in [0.2, 0.25) is 0 Å². The van der Waals surface area contributed by atoms with Gasteiger partial charge in [0.05, 0.1) is 5.33 Å². The van der Waals surface area contributed by atoms with Crippen LogP contribution in [0.15, 0.2) is 30.3 Å². The van der Waals surface area contributed by atoms with E-state index in [1.165, 1.54) is 0 Å². The highest BCUT2D eigenvalue weighted by Gasteiger charge is 2.41. The second-order valence-corrected chi connectivity index (χ2v) is 5.59. The summed E-state index contributed by atoms with van der Waals surface area (Å²) in [7, 11) is 0. The molecule has 1 amide bonds. The number of hydrogen-bond acceptors (Lipinski definition) is 3. The molecule has 5 heteroatoms. The number of carbonyl (C=O) groups excluding carboxylic acids is 2. The van der Waals surface area contributed by atoms with Crippen LogP contribution in [0.5, 0.6) is 0 Å². The normalized spacial score (nSPS) is 16.6. The Balaban J connectivity index is 1.91. The standard InChI is InChI=1S/C15H18BrNO3/c16-10-13(18)15(8-4-5-9-15)17-14(19)20-11-12-6-2-1-3-7-12/h1-3,6-7H,4-5,8-11H2,(H,17,19). The van der Waals surface area contributed by atoms with Crippen molar-refractivity contribution in [2.45, 2.75) is 37.8 Å². The Kier molecular flexibility index (Phi) is 5.17. The van der Waals surface area contributed by atoms with Gasteiger partial charge in [0.1, 0.15) is 12.1 Å². The molecule has 20 heavy (non-hydrogen) atoms. The van der Waals surface area contributed by atoms with Crippen LogP contribution in [0.3, 0.4) is 0 Å². The Labute approximate surface area is 127 Å². The average molecular weight is 340 g/mol. The van der Waals surface area contributed by atoms with E-state index in [9.17, 15) is 9.59 Å². The molecule has 0 aromatic heterocycles. The highest BCUT2D eigenvalue weighted by molar-refractivity contribution is 9.09. The molecule has 1 N–H and O–H groups in total. The van der Waals surface area contributed by atoms with Gasteiger partial charge in [0.15, 0.2) is 5.78 Å². The molecular weight excluding hydrogens is 322 g/mol. The third-order valence-corrected chi connectivity index (χ3v) is 4.18. The number of Topliss-reactive ketones (excluding diaryl/α,β-unsaturated/α-hetero) is 1. The summed E-state index contributed by atoms with van der Waals surface area (Å²) < 4.78 is 5.19. The van der Waals surface area contributed by atoms with E-state index < -0.39 is 11.6 Å². The molecule has 1 aromatic rings. The smallest absolute Gasteiger partial charge is 0.408 e. The van der Waals surface area contributed by atoms with Crippen molar-refractivity contribution < 1.29 is 14.3 Å². The summed E-state index contributed by atoms with van der Waals surface area (Å²) in [5.41, 5.74) is 0.187. The molecule has 0 radical (unpaired) electrons. The number of benzene rings is 1. The predicted molar refractivity (Wildman–Crippen MR) is 79.8 cm³/mol. The van der Waals surface area contributed by atoms with Crippen molar-refractivity contribution in [2.24, 2.45) is 0 Å². The van der Waals surface area contributed by atoms with E-state index in [1.807, 2.05) is 30.3 Å². The highest BCUT2D eigenvalue weighted by Crippen LogP contribution is 2.31. The van der Waals surface area contributed by atoms with E-state index in [0.29, 0.717) is 12.8 Å². The first kappa shape index (κ1) is 15.0. The van der Waals surface area contributed by atoms with Gasteiger partial charge in [-0.1, -0.05) is 59.1 Å². The SMILES string of the molecule is O=C(NC1(C(=O)CBr)CCCC1)OCc1ccccc1. The van der Waals surface area contributed by atoms with Crippen molar-refractivity contribution in [2.75, 3.05) is 5.33 Å². The number of alkyl carbamates (subject to hydrolysis) is 1. The van der Waals surface area contributed by atoms with Gasteiger partial charge in [-0.3, -0.25) is 4.79 Å². The zero-order valence-electron chi connectivity index (χ0n) is 11.2. The summed E-state index contributed by atoms with van der Waals surface area (Å²) in [6, 6.07) is 9.48. The van der Waals surface area contributed by atoms with Gasteiger partial charge in [-0.05, 0) is 18.4 Å². The van der Waals surface area contributed by atoms with Crippen LogP contribution in [0.1, 0.15) is 31.2 Å². The largest absolute Gasteiger partial charge is 0.445 e. The topological polar surface area (TPSA) is 55.4 Å². The number of rotatable bonds is 5. The number of ether oxygens (including phenoxy) is 1. The molecule has 0 heterocycles. The summed E-state index contributed by atoms with van der Waals surface area (Å²) in [5.74, 6) is 0.0201. The third kappa shape index (κ3) is 3.60. The van der Waals surface area contributed by atoms with Crippen molar-refractivity contribution in [3.63, 3.8) is 0 Å².